The summed E-state index contributed by atoms with van der Waals surface area (Å²) in [7, 11) is 0. The lowest BCUT2D eigenvalue weighted by molar-refractivity contribution is 0.337. The van der Waals surface area contributed by atoms with Gasteiger partial charge >= 0.3 is 5.95 Å². The summed E-state index contributed by atoms with van der Waals surface area (Å²) in [6, 6.07) is 7.40. The summed E-state index contributed by atoms with van der Waals surface area (Å²) in [6.07, 6.45) is 1.39. The van der Waals surface area contributed by atoms with E-state index in [0.29, 0.717) is 11.0 Å². The molecule has 20 heavy (non-hydrogen) atoms. The molecule has 1 N–H and O–H groups in total. The quantitative estimate of drug-likeness (QED) is 0.731. The van der Waals surface area contributed by atoms with Gasteiger partial charge < -0.3 is 9.52 Å². The summed E-state index contributed by atoms with van der Waals surface area (Å²) >= 11 is 4.64. The Bertz CT molecular complexity index is 737. The van der Waals surface area contributed by atoms with E-state index in [-0.39, 0.29) is 11.6 Å². The highest BCUT2D eigenvalue weighted by Gasteiger charge is 2.12. The van der Waals surface area contributed by atoms with Gasteiger partial charge in [0.1, 0.15) is 5.51 Å². The van der Waals surface area contributed by atoms with Crippen molar-refractivity contribution < 1.29 is 9.52 Å². The molecule has 100 valence electrons. The van der Waals surface area contributed by atoms with Gasteiger partial charge in [-0.05, 0) is 24.3 Å². The van der Waals surface area contributed by atoms with Crippen LogP contribution in [-0.4, -0.2) is 26.5 Å². The molecule has 0 aliphatic rings. The van der Waals surface area contributed by atoms with E-state index < -0.39 is 0 Å². The van der Waals surface area contributed by atoms with Crippen molar-refractivity contribution in [1.82, 2.24) is 15.2 Å². The van der Waals surface area contributed by atoms with Gasteiger partial charge in [0.15, 0.2) is 5.69 Å². The first-order valence-electron chi connectivity index (χ1n) is 5.48. The van der Waals surface area contributed by atoms with Crippen LogP contribution in [0.2, 0.25) is 0 Å². The van der Waals surface area contributed by atoms with Crippen LogP contribution >= 0.6 is 27.3 Å². The molecule has 0 atom stereocenters. The average molecular weight is 351 g/mol. The van der Waals surface area contributed by atoms with Gasteiger partial charge in [-0.15, -0.1) is 10.2 Å². The lowest BCUT2D eigenvalue weighted by Gasteiger charge is -1.94. The van der Waals surface area contributed by atoms with E-state index in [1.54, 1.807) is 5.51 Å². The van der Waals surface area contributed by atoms with Crippen molar-refractivity contribution in [3.05, 3.63) is 39.9 Å². The van der Waals surface area contributed by atoms with Crippen molar-refractivity contribution in [2.75, 3.05) is 0 Å². The van der Waals surface area contributed by atoms with Crippen LogP contribution in [0, 0.1) is 0 Å². The molecule has 0 radical (unpaired) electrons. The molecule has 2 aromatic heterocycles. The molecule has 0 saturated carbocycles. The Morgan fingerprint density at radius 2 is 2.10 bits per heavy atom. The molecule has 0 unspecified atom stereocenters. The van der Waals surface area contributed by atoms with E-state index in [4.69, 9.17) is 4.42 Å². The first-order valence-corrected chi connectivity index (χ1v) is 7.15. The smallest absolute Gasteiger partial charge is 0.312 e. The van der Waals surface area contributed by atoms with Crippen LogP contribution in [0.1, 0.15) is 5.69 Å². The number of aromatic nitrogens is 3. The standard InChI is InChI=1S/C12H7BrN4O2S/c13-8-3-1-7(2-4-8)10-16-9(11(18)19-10)5-14-12-17-15-6-20-12/h1-6,18H/b14-5-. The molecule has 0 bridgehead atoms. The molecule has 0 spiro atoms. The summed E-state index contributed by atoms with van der Waals surface area (Å²) in [4.78, 5) is 8.23. The highest BCUT2D eigenvalue weighted by Crippen LogP contribution is 2.27. The lowest BCUT2D eigenvalue weighted by Crippen LogP contribution is -1.82. The van der Waals surface area contributed by atoms with Crippen molar-refractivity contribution in [2.24, 2.45) is 4.99 Å². The van der Waals surface area contributed by atoms with E-state index in [0.717, 1.165) is 10.0 Å². The zero-order chi connectivity index (χ0) is 13.9. The molecular weight excluding hydrogens is 344 g/mol. The van der Waals surface area contributed by atoms with Crippen molar-refractivity contribution in [3.63, 3.8) is 0 Å². The Hall–Kier alpha value is -2.06. The third-order valence-electron chi connectivity index (χ3n) is 2.37. The molecule has 3 aromatic rings. The van der Waals surface area contributed by atoms with Gasteiger partial charge in [0.25, 0.3) is 0 Å². The highest BCUT2D eigenvalue weighted by atomic mass is 79.9. The Kier molecular flexibility index (Phi) is 3.57. The molecular formula is C12H7BrN4O2S. The summed E-state index contributed by atoms with van der Waals surface area (Å²) in [5.74, 6) is 0.0462. The molecule has 3 rings (SSSR count). The predicted molar refractivity (Wildman–Crippen MR) is 78.5 cm³/mol. The summed E-state index contributed by atoms with van der Waals surface area (Å²) in [5.41, 5.74) is 2.58. The summed E-state index contributed by atoms with van der Waals surface area (Å²) < 4.78 is 6.17. The minimum atomic E-state index is -0.281. The van der Waals surface area contributed by atoms with E-state index >= 15 is 0 Å². The highest BCUT2D eigenvalue weighted by molar-refractivity contribution is 9.10. The fourth-order valence-corrected chi connectivity index (χ4v) is 2.12. The second kappa shape index (κ2) is 5.51. The molecule has 8 heteroatoms. The first-order chi connectivity index (χ1) is 9.72. The van der Waals surface area contributed by atoms with Crippen LogP contribution in [0.25, 0.3) is 11.5 Å². The topological polar surface area (TPSA) is 84.4 Å². The molecule has 0 amide bonds. The number of rotatable bonds is 3. The maximum absolute atomic E-state index is 9.71. The molecule has 0 aliphatic heterocycles. The Balaban J connectivity index is 1.89. The van der Waals surface area contributed by atoms with Crippen molar-refractivity contribution in [3.8, 4) is 17.4 Å². The average Bonchev–Trinajstić information content (AvgIpc) is 3.07. The Morgan fingerprint density at radius 1 is 1.30 bits per heavy atom. The maximum Gasteiger partial charge on any atom is 0.312 e. The van der Waals surface area contributed by atoms with Crippen LogP contribution in [0.5, 0.6) is 5.95 Å². The SMILES string of the molecule is Oc1oc(-c2ccc(Br)cc2)nc1/C=N\c1nncs1. The number of aliphatic imine (C=N–C) groups is 1. The molecule has 0 fully saturated rings. The second-order valence-corrected chi connectivity index (χ2v) is 5.42. The van der Waals surface area contributed by atoms with Crippen LogP contribution in [0.3, 0.4) is 0 Å². The maximum atomic E-state index is 9.71. The number of nitrogens with zero attached hydrogens (tertiary/aromatic N) is 4. The number of hydrogen-bond donors (Lipinski definition) is 1. The first kappa shape index (κ1) is 12.9. The van der Waals surface area contributed by atoms with Gasteiger partial charge in [0.05, 0.1) is 6.21 Å². The van der Waals surface area contributed by atoms with E-state index in [1.165, 1.54) is 17.6 Å². The molecule has 1 aromatic carbocycles. The third kappa shape index (κ3) is 2.75. The molecule has 0 saturated heterocycles. The number of halogens is 1. The van der Waals surface area contributed by atoms with Crippen molar-refractivity contribution in [1.29, 1.82) is 0 Å². The van der Waals surface area contributed by atoms with Crippen molar-refractivity contribution >= 4 is 38.6 Å². The van der Waals surface area contributed by atoms with E-state index in [9.17, 15) is 5.11 Å². The largest absolute Gasteiger partial charge is 0.479 e. The number of benzene rings is 1. The van der Waals surface area contributed by atoms with Crippen LogP contribution in [-0.2, 0) is 0 Å². The molecule has 6 nitrogen and oxygen atoms in total. The fourth-order valence-electron chi connectivity index (χ4n) is 1.46. The van der Waals surface area contributed by atoms with Crippen LogP contribution in [0.4, 0.5) is 5.13 Å². The van der Waals surface area contributed by atoms with E-state index in [2.05, 4.69) is 36.1 Å². The predicted octanol–water partition coefficient (Wildman–Crippen LogP) is 3.41. The van der Waals surface area contributed by atoms with E-state index in [1.807, 2.05) is 24.3 Å². The molecule has 2 heterocycles. The normalized spacial score (nSPS) is 11.2. The lowest BCUT2D eigenvalue weighted by atomic mass is 10.2. The molecule has 0 aliphatic carbocycles. The zero-order valence-electron chi connectivity index (χ0n) is 9.89. The van der Waals surface area contributed by atoms with Crippen LogP contribution < -0.4 is 0 Å². The Morgan fingerprint density at radius 3 is 2.80 bits per heavy atom. The zero-order valence-corrected chi connectivity index (χ0v) is 12.3. The van der Waals surface area contributed by atoms with Crippen LogP contribution in [0.15, 0.2) is 43.7 Å². The van der Waals surface area contributed by atoms with Gasteiger partial charge in [0, 0.05) is 10.0 Å². The van der Waals surface area contributed by atoms with Gasteiger partial charge in [-0.3, -0.25) is 0 Å². The Labute approximate surface area is 126 Å². The second-order valence-electron chi connectivity index (χ2n) is 3.70. The number of aromatic hydroxyl groups is 1. The van der Waals surface area contributed by atoms with Gasteiger partial charge in [0.2, 0.25) is 11.0 Å². The minimum Gasteiger partial charge on any atom is -0.479 e. The van der Waals surface area contributed by atoms with Crippen molar-refractivity contribution in [2.45, 2.75) is 0 Å². The number of hydrogen-bond acceptors (Lipinski definition) is 7. The summed E-state index contributed by atoms with van der Waals surface area (Å²) in [5, 5.41) is 17.6. The summed E-state index contributed by atoms with van der Waals surface area (Å²) in [6.45, 7) is 0. The van der Waals surface area contributed by atoms with Gasteiger partial charge in [-0.2, -0.15) is 0 Å². The van der Waals surface area contributed by atoms with Gasteiger partial charge in [-0.25, -0.2) is 9.98 Å². The fraction of sp³-hybridized carbons (Fsp3) is 0. The minimum absolute atomic E-state index is 0.248. The monoisotopic (exact) mass is 350 g/mol. The van der Waals surface area contributed by atoms with Gasteiger partial charge in [-0.1, -0.05) is 27.3 Å². The third-order valence-corrected chi connectivity index (χ3v) is 3.50. The number of oxazole rings is 1.